The summed E-state index contributed by atoms with van der Waals surface area (Å²) in [5.74, 6) is -0.0839. The van der Waals surface area contributed by atoms with Crippen LogP contribution in [-0.2, 0) is 0 Å². The van der Waals surface area contributed by atoms with Gasteiger partial charge in [0.1, 0.15) is 17.7 Å². The standard InChI is InChI=1S/C5H5N4/c6-5(7)4-3-8-1-2-9-4/h1,3H,(H3,6,7). The number of rotatable bonds is 1. The van der Waals surface area contributed by atoms with Gasteiger partial charge in [0, 0.05) is 0 Å². The van der Waals surface area contributed by atoms with Crippen LogP contribution in [-0.4, -0.2) is 15.8 Å². The summed E-state index contributed by atoms with van der Waals surface area (Å²) >= 11 is 0. The summed E-state index contributed by atoms with van der Waals surface area (Å²) < 4.78 is 0. The van der Waals surface area contributed by atoms with Crippen LogP contribution in [0.15, 0.2) is 12.4 Å². The number of nitrogen functional groups attached to an aromatic ring is 1. The number of hydrogen-bond donors (Lipinski definition) is 2. The van der Waals surface area contributed by atoms with Crippen LogP contribution in [0, 0.1) is 11.6 Å². The third-order valence-electron chi connectivity index (χ3n) is 0.790. The van der Waals surface area contributed by atoms with Gasteiger partial charge in [-0.2, -0.15) is 0 Å². The molecule has 3 N–H and O–H groups in total. The molecule has 4 nitrogen and oxygen atoms in total. The van der Waals surface area contributed by atoms with E-state index in [1.807, 2.05) is 0 Å². The van der Waals surface area contributed by atoms with Gasteiger partial charge < -0.3 is 5.73 Å². The van der Waals surface area contributed by atoms with Crippen molar-refractivity contribution in [3.8, 4) is 0 Å². The van der Waals surface area contributed by atoms with Crippen molar-refractivity contribution < 1.29 is 0 Å². The highest BCUT2D eigenvalue weighted by molar-refractivity contribution is 5.92. The largest absolute Gasteiger partial charge is 0.382 e. The minimum absolute atomic E-state index is 0.0839. The van der Waals surface area contributed by atoms with Crippen LogP contribution in [0.4, 0.5) is 0 Å². The summed E-state index contributed by atoms with van der Waals surface area (Å²) in [5, 5.41) is 6.89. The Labute approximate surface area is 52.3 Å². The third-order valence-corrected chi connectivity index (χ3v) is 0.790. The van der Waals surface area contributed by atoms with Crippen LogP contribution in [0.2, 0.25) is 0 Å². The molecule has 0 amide bonds. The van der Waals surface area contributed by atoms with Gasteiger partial charge in [0.2, 0.25) is 0 Å². The number of nitrogens with zero attached hydrogens (tertiary/aromatic N) is 2. The van der Waals surface area contributed by atoms with Crippen molar-refractivity contribution in [2.75, 3.05) is 0 Å². The maximum atomic E-state index is 6.89. The van der Waals surface area contributed by atoms with Crippen molar-refractivity contribution in [1.29, 1.82) is 5.41 Å². The molecule has 0 unspecified atom stereocenters. The van der Waals surface area contributed by atoms with Gasteiger partial charge in [-0.05, 0) is 0 Å². The molecular formula is C5H5N4. The molecule has 0 saturated carbocycles. The van der Waals surface area contributed by atoms with E-state index in [4.69, 9.17) is 11.1 Å². The van der Waals surface area contributed by atoms with Crippen molar-refractivity contribution in [2.45, 2.75) is 0 Å². The zero-order chi connectivity index (χ0) is 6.69. The third kappa shape index (κ3) is 1.22. The van der Waals surface area contributed by atoms with Crippen molar-refractivity contribution in [3.05, 3.63) is 24.3 Å². The van der Waals surface area contributed by atoms with Crippen LogP contribution < -0.4 is 5.73 Å². The molecule has 1 aromatic rings. The predicted molar refractivity (Wildman–Crippen MR) is 31.9 cm³/mol. The summed E-state index contributed by atoms with van der Waals surface area (Å²) in [6.07, 6.45) is 5.29. The highest BCUT2D eigenvalue weighted by Gasteiger charge is 1.92. The van der Waals surface area contributed by atoms with Gasteiger partial charge in [0.15, 0.2) is 0 Å². The van der Waals surface area contributed by atoms with E-state index < -0.39 is 0 Å². The highest BCUT2D eigenvalue weighted by Crippen LogP contribution is 1.84. The smallest absolute Gasteiger partial charge is 0.143 e. The van der Waals surface area contributed by atoms with E-state index in [1.165, 1.54) is 12.4 Å². The number of amidine groups is 1. The second-order valence-corrected chi connectivity index (χ2v) is 1.45. The first kappa shape index (κ1) is 5.68. The van der Waals surface area contributed by atoms with Crippen LogP contribution in [0.5, 0.6) is 0 Å². The molecule has 0 aromatic carbocycles. The Morgan fingerprint density at radius 1 is 1.78 bits per heavy atom. The van der Waals surface area contributed by atoms with Crippen LogP contribution in [0.1, 0.15) is 5.69 Å². The van der Waals surface area contributed by atoms with Crippen molar-refractivity contribution in [3.63, 3.8) is 0 Å². The molecule has 45 valence electrons. The monoisotopic (exact) mass is 121 g/mol. The highest BCUT2D eigenvalue weighted by atomic mass is 14.8. The zero-order valence-corrected chi connectivity index (χ0v) is 4.63. The molecule has 1 radical (unpaired) electrons. The Hall–Kier alpha value is -1.45. The fourth-order valence-corrected chi connectivity index (χ4v) is 0.398. The van der Waals surface area contributed by atoms with Gasteiger partial charge in [-0.1, -0.05) is 0 Å². The zero-order valence-electron chi connectivity index (χ0n) is 4.63. The van der Waals surface area contributed by atoms with Crippen LogP contribution in [0.3, 0.4) is 0 Å². The molecule has 0 aliphatic carbocycles. The SMILES string of the molecule is N=C(N)c1cnc[c]n1. The first-order valence-electron chi connectivity index (χ1n) is 2.33. The quantitative estimate of drug-likeness (QED) is 0.390. The molecule has 0 atom stereocenters. The van der Waals surface area contributed by atoms with Gasteiger partial charge >= 0.3 is 0 Å². The molecule has 1 rings (SSSR count). The number of aromatic nitrogens is 2. The molecule has 0 fully saturated rings. The van der Waals surface area contributed by atoms with Gasteiger partial charge in [-0.25, -0.2) is 4.98 Å². The minimum atomic E-state index is -0.0839. The molecule has 0 spiro atoms. The fraction of sp³-hybridized carbons (Fsp3) is 0. The van der Waals surface area contributed by atoms with E-state index in [9.17, 15) is 0 Å². The molecule has 4 heteroatoms. The van der Waals surface area contributed by atoms with Crippen molar-refractivity contribution >= 4 is 5.84 Å². The lowest BCUT2D eigenvalue weighted by Crippen LogP contribution is -2.12. The van der Waals surface area contributed by atoms with E-state index in [0.717, 1.165) is 0 Å². The molecular weight excluding hydrogens is 116 g/mol. The average molecular weight is 121 g/mol. The average Bonchev–Trinajstić information content (AvgIpc) is 1.90. The predicted octanol–water partition coefficient (Wildman–Crippen LogP) is -0.439. The number of hydrogen-bond acceptors (Lipinski definition) is 3. The maximum Gasteiger partial charge on any atom is 0.143 e. The van der Waals surface area contributed by atoms with Crippen LogP contribution >= 0.6 is 0 Å². The number of nitrogens with two attached hydrogens (primary N) is 1. The van der Waals surface area contributed by atoms with Gasteiger partial charge in [0.25, 0.3) is 0 Å². The van der Waals surface area contributed by atoms with Crippen molar-refractivity contribution in [2.24, 2.45) is 5.73 Å². The molecule has 0 aliphatic heterocycles. The second kappa shape index (κ2) is 2.21. The normalized spacial score (nSPS) is 8.89. The topological polar surface area (TPSA) is 75.7 Å². The molecule has 0 bridgehead atoms. The Balaban J connectivity index is 2.98. The second-order valence-electron chi connectivity index (χ2n) is 1.45. The van der Waals surface area contributed by atoms with Gasteiger partial charge in [-0.3, -0.25) is 10.4 Å². The van der Waals surface area contributed by atoms with Gasteiger partial charge in [-0.15, -0.1) is 0 Å². The lowest BCUT2D eigenvalue weighted by Gasteiger charge is -1.90. The first-order chi connectivity index (χ1) is 4.30. The van der Waals surface area contributed by atoms with Crippen LogP contribution in [0.25, 0.3) is 0 Å². The Morgan fingerprint density at radius 3 is 2.89 bits per heavy atom. The van der Waals surface area contributed by atoms with E-state index >= 15 is 0 Å². The molecule has 9 heavy (non-hydrogen) atoms. The maximum absolute atomic E-state index is 6.89. The molecule has 0 aliphatic rings. The summed E-state index contributed by atoms with van der Waals surface area (Å²) in [6, 6.07) is 0. The Bertz CT molecular complexity index is 205. The van der Waals surface area contributed by atoms with E-state index in [1.54, 1.807) is 0 Å². The minimum Gasteiger partial charge on any atom is -0.382 e. The lowest BCUT2D eigenvalue weighted by molar-refractivity contribution is 1.15. The fourth-order valence-electron chi connectivity index (χ4n) is 0.398. The summed E-state index contributed by atoms with van der Waals surface area (Å²) in [7, 11) is 0. The first-order valence-corrected chi connectivity index (χ1v) is 2.33. The molecule has 1 aromatic heterocycles. The van der Waals surface area contributed by atoms with Crippen molar-refractivity contribution in [1.82, 2.24) is 9.97 Å². The molecule has 1 heterocycles. The van der Waals surface area contributed by atoms with E-state index in [2.05, 4.69) is 16.2 Å². The molecule has 0 saturated heterocycles. The Kier molecular flexibility index (Phi) is 1.40. The lowest BCUT2D eigenvalue weighted by atomic mass is 10.4. The van der Waals surface area contributed by atoms with Gasteiger partial charge in [0.05, 0.1) is 12.4 Å². The summed E-state index contributed by atoms with van der Waals surface area (Å²) in [6.45, 7) is 0. The summed E-state index contributed by atoms with van der Waals surface area (Å²) in [5.41, 5.74) is 5.43. The Morgan fingerprint density at radius 2 is 2.56 bits per heavy atom. The van der Waals surface area contributed by atoms with E-state index in [0.29, 0.717) is 5.69 Å². The summed E-state index contributed by atoms with van der Waals surface area (Å²) in [4.78, 5) is 7.31. The number of nitrogens with one attached hydrogen (secondary N) is 1. The van der Waals surface area contributed by atoms with E-state index in [-0.39, 0.29) is 5.84 Å².